The zero-order valence-electron chi connectivity index (χ0n) is 25.4. The lowest BCUT2D eigenvalue weighted by atomic mass is 10.0. The average molecular weight is 644 g/mol. The molecule has 13 heteroatoms. The molecule has 0 radical (unpaired) electrons. The van der Waals surface area contributed by atoms with Gasteiger partial charge in [-0.05, 0) is 57.0 Å². The molecule has 5 rings (SSSR count). The van der Waals surface area contributed by atoms with E-state index < -0.39 is 34.2 Å². The first-order valence-electron chi connectivity index (χ1n) is 14.2. The van der Waals surface area contributed by atoms with E-state index in [0.717, 1.165) is 17.2 Å². The first kappa shape index (κ1) is 31.9. The van der Waals surface area contributed by atoms with Crippen LogP contribution in [0.3, 0.4) is 0 Å². The van der Waals surface area contributed by atoms with Crippen molar-refractivity contribution >= 4 is 35.0 Å². The molecule has 0 saturated carbocycles. The van der Waals surface area contributed by atoms with E-state index in [1.165, 1.54) is 29.6 Å². The van der Waals surface area contributed by atoms with Crippen molar-refractivity contribution in [2.75, 3.05) is 0 Å². The second kappa shape index (κ2) is 12.9. The Morgan fingerprint density at radius 1 is 1.07 bits per heavy atom. The molecular formula is C33H30ClN5O7. The van der Waals surface area contributed by atoms with Crippen LogP contribution in [0, 0.1) is 10.1 Å². The van der Waals surface area contributed by atoms with Crippen LogP contribution >= 0.6 is 11.6 Å². The summed E-state index contributed by atoms with van der Waals surface area (Å²) in [4.78, 5) is 52.4. The molecule has 0 fully saturated rings. The quantitative estimate of drug-likeness (QED) is 0.0859. The standard InChI is InChI=1S/C33H30ClN5O7/c1-19(35-32(42)46-33(2,3)4)31(41)45-27-17-23(39(43)44)14-15-24(27)26-18-28(40)36-30-29(21-10-12-22(34)13-11-21)25(37-38(26)30)16-20-8-6-5-7-9-20/h5-15,17-19H,16H2,1-4H3,(H,35,42)(H,36,40)/t19-/m0/s1. The third kappa shape index (κ3) is 7.24. The van der Waals surface area contributed by atoms with Crippen LogP contribution in [-0.2, 0) is 16.0 Å². The van der Waals surface area contributed by atoms with Crippen LogP contribution in [0.25, 0.3) is 28.0 Å². The Morgan fingerprint density at radius 2 is 1.76 bits per heavy atom. The van der Waals surface area contributed by atoms with Crippen molar-refractivity contribution < 1.29 is 24.0 Å². The van der Waals surface area contributed by atoms with Crippen molar-refractivity contribution in [3.8, 4) is 28.1 Å². The Hall–Kier alpha value is -5.49. The van der Waals surface area contributed by atoms with E-state index in [1.54, 1.807) is 32.9 Å². The lowest BCUT2D eigenvalue weighted by Crippen LogP contribution is -2.43. The summed E-state index contributed by atoms with van der Waals surface area (Å²) in [5.74, 6) is -1.13. The number of nitro groups is 1. The highest BCUT2D eigenvalue weighted by molar-refractivity contribution is 6.30. The molecule has 12 nitrogen and oxygen atoms in total. The van der Waals surface area contributed by atoms with Gasteiger partial charge in [-0.2, -0.15) is 5.10 Å². The summed E-state index contributed by atoms with van der Waals surface area (Å²) in [6, 6.07) is 20.5. The average Bonchev–Trinajstić information content (AvgIpc) is 3.34. The van der Waals surface area contributed by atoms with Gasteiger partial charge in [-0.15, -0.1) is 0 Å². The fourth-order valence-electron chi connectivity index (χ4n) is 4.78. The Labute approximate surface area is 268 Å². The summed E-state index contributed by atoms with van der Waals surface area (Å²) >= 11 is 6.17. The minimum atomic E-state index is -1.18. The van der Waals surface area contributed by atoms with Crippen LogP contribution in [0.2, 0.25) is 5.02 Å². The zero-order chi connectivity index (χ0) is 33.2. The maximum atomic E-state index is 13.1. The van der Waals surface area contributed by atoms with Gasteiger partial charge < -0.3 is 19.8 Å². The van der Waals surface area contributed by atoms with Crippen molar-refractivity contribution in [2.45, 2.75) is 45.8 Å². The van der Waals surface area contributed by atoms with Crippen molar-refractivity contribution in [1.82, 2.24) is 19.9 Å². The van der Waals surface area contributed by atoms with Crippen molar-refractivity contribution in [1.29, 1.82) is 0 Å². The van der Waals surface area contributed by atoms with Crippen LogP contribution in [0.5, 0.6) is 5.75 Å². The predicted octanol–water partition coefficient (Wildman–Crippen LogP) is 6.33. The van der Waals surface area contributed by atoms with Gasteiger partial charge in [0.15, 0.2) is 0 Å². The third-order valence-electron chi connectivity index (χ3n) is 6.79. The highest BCUT2D eigenvalue weighted by Gasteiger charge is 2.26. The summed E-state index contributed by atoms with van der Waals surface area (Å²) in [6.07, 6.45) is -0.428. The fraction of sp³-hybridized carbons (Fsp3) is 0.212. The van der Waals surface area contributed by atoms with Crippen LogP contribution in [-0.4, -0.2) is 43.2 Å². The monoisotopic (exact) mass is 643 g/mol. The summed E-state index contributed by atoms with van der Waals surface area (Å²) < 4.78 is 12.3. The molecule has 1 amide bonds. The number of aromatic nitrogens is 3. The molecule has 5 aromatic rings. The summed E-state index contributed by atoms with van der Waals surface area (Å²) in [5.41, 5.74) is 2.09. The summed E-state index contributed by atoms with van der Waals surface area (Å²) in [7, 11) is 0. The van der Waals surface area contributed by atoms with E-state index in [9.17, 15) is 24.5 Å². The molecule has 2 N–H and O–H groups in total. The second-order valence-electron chi connectivity index (χ2n) is 11.5. The Bertz CT molecular complexity index is 2000. The lowest BCUT2D eigenvalue weighted by molar-refractivity contribution is -0.384. The number of fused-ring (bicyclic) bond motifs is 1. The topological polar surface area (TPSA) is 158 Å². The maximum Gasteiger partial charge on any atom is 0.408 e. The molecule has 3 aromatic carbocycles. The van der Waals surface area contributed by atoms with Crippen LogP contribution in [0.1, 0.15) is 39.0 Å². The number of hydrogen-bond acceptors (Lipinski definition) is 8. The van der Waals surface area contributed by atoms with Gasteiger partial charge in [0.2, 0.25) is 0 Å². The van der Waals surface area contributed by atoms with E-state index in [2.05, 4.69) is 10.3 Å². The lowest BCUT2D eigenvalue weighted by Gasteiger charge is -2.21. The van der Waals surface area contributed by atoms with E-state index in [1.807, 2.05) is 42.5 Å². The molecule has 2 aromatic heterocycles. The van der Waals surface area contributed by atoms with Gasteiger partial charge in [0.25, 0.3) is 11.2 Å². The molecule has 0 spiro atoms. The molecule has 46 heavy (non-hydrogen) atoms. The van der Waals surface area contributed by atoms with Gasteiger partial charge in [-0.25, -0.2) is 14.1 Å². The molecule has 236 valence electrons. The first-order chi connectivity index (χ1) is 21.8. The Kier molecular flexibility index (Phi) is 8.92. The highest BCUT2D eigenvalue weighted by Crippen LogP contribution is 2.36. The number of carbonyl (C=O) groups is 2. The number of nitrogens with one attached hydrogen (secondary N) is 2. The van der Waals surface area contributed by atoms with Crippen LogP contribution in [0.15, 0.2) is 83.7 Å². The van der Waals surface area contributed by atoms with Gasteiger partial charge in [0.05, 0.1) is 22.4 Å². The number of rotatable bonds is 8. The number of hydrogen-bond donors (Lipinski definition) is 2. The maximum absolute atomic E-state index is 13.1. The van der Waals surface area contributed by atoms with Crippen molar-refractivity contribution in [3.05, 3.63) is 116 Å². The van der Waals surface area contributed by atoms with E-state index >= 15 is 0 Å². The highest BCUT2D eigenvalue weighted by atomic mass is 35.5. The molecule has 0 unspecified atom stereocenters. The van der Waals surface area contributed by atoms with Gasteiger partial charge in [0.1, 0.15) is 23.0 Å². The molecule has 2 heterocycles. The molecule has 0 bridgehead atoms. The second-order valence-corrected chi connectivity index (χ2v) is 11.9. The van der Waals surface area contributed by atoms with E-state index in [-0.39, 0.29) is 22.7 Å². The number of benzene rings is 3. The number of alkyl carbamates (subject to hydrolysis) is 1. The molecule has 0 saturated heterocycles. The normalized spacial score (nSPS) is 12.0. The molecule has 0 aliphatic rings. The number of halogens is 1. The van der Waals surface area contributed by atoms with Gasteiger partial charge in [-0.1, -0.05) is 54.1 Å². The number of esters is 1. The van der Waals surface area contributed by atoms with Crippen molar-refractivity contribution in [3.63, 3.8) is 0 Å². The summed E-state index contributed by atoms with van der Waals surface area (Å²) in [6.45, 7) is 6.40. The van der Waals surface area contributed by atoms with Crippen molar-refractivity contribution in [2.24, 2.45) is 0 Å². The van der Waals surface area contributed by atoms with E-state index in [4.69, 9.17) is 26.2 Å². The fourth-order valence-corrected chi connectivity index (χ4v) is 4.90. The minimum absolute atomic E-state index is 0.177. The number of amides is 1. The Morgan fingerprint density at radius 3 is 2.41 bits per heavy atom. The largest absolute Gasteiger partial charge is 0.444 e. The van der Waals surface area contributed by atoms with Crippen LogP contribution < -0.4 is 15.6 Å². The number of H-pyrrole nitrogens is 1. The molecular weight excluding hydrogens is 614 g/mol. The number of nitro benzene ring substituents is 1. The van der Waals surface area contributed by atoms with Gasteiger partial charge in [-0.3, -0.25) is 14.9 Å². The first-order valence-corrected chi connectivity index (χ1v) is 14.6. The summed E-state index contributed by atoms with van der Waals surface area (Å²) in [5, 5.41) is 19.5. The number of non-ortho nitro benzene ring substituents is 1. The number of aromatic amines is 1. The van der Waals surface area contributed by atoms with E-state index in [0.29, 0.717) is 28.3 Å². The molecule has 1 atom stereocenters. The zero-order valence-corrected chi connectivity index (χ0v) is 26.1. The number of carbonyl (C=O) groups excluding carboxylic acids is 2. The molecule has 0 aliphatic carbocycles. The SMILES string of the molecule is C[C@H](NC(=O)OC(C)(C)C)C(=O)Oc1cc([N+](=O)[O-])ccc1-c1cc(=O)[nH]c2c(-c3ccc(Cl)cc3)c(Cc3ccccc3)nn12. The van der Waals surface area contributed by atoms with Gasteiger partial charge in [0, 0.05) is 34.7 Å². The predicted molar refractivity (Wildman–Crippen MR) is 172 cm³/mol. The smallest absolute Gasteiger partial charge is 0.408 e. The van der Waals surface area contributed by atoms with Gasteiger partial charge >= 0.3 is 12.1 Å². The number of ether oxygens (including phenoxy) is 2. The third-order valence-corrected chi connectivity index (χ3v) is 7.04. The Balaban J connectivity index is 1.64. The molecule has 0 aliphatic heterocycles. The number of nitrogens with zero attached hydrogens (tertiary/aromatic N) is 3. The minimum Gasteiger partial charge on any atom is -0.444 e. The van der Waals surface area contributed by atoms with Crippen LogP contribution in [0.4, 0.5) is 10.5 Å².